The lowest BCUT2D eigenvalue weighted by atomic mass is 9.84. The van der Waals surface area contributed by atoms with Gasteiger partial charge in [-0.05, 0) is 37.5 Å². The molecule has 0 bridgehead atoms. The predicted molar refractivity (Wildman–Crippen MR) is 109 cm³/mol. The number of rotatable bonds is 5. The number of aliphatic carboxylic acids is 1. The van der Waals surface area contributed by atoms with Gasteiger partial charge in [-0.3, -0.25) is 9.59 Å². The summed E-state index contributed by atoms with van der Waals surface area (Å²) >= 11 is 0. The fourth-order valence-corrected chi connectivity index (χ4v) is 4.07. The number of carbonyl (C=O) groups excluding carboxylic acids is 1. The summed E-state index contributed by atoms with van der Waals surface area (Å²) in [6.45, 7) is 1.40. The van der Waals surface area contributed by atoms with E-state index in [0.717, 1.165) is 42.5 Å². The highest BCUT2D eigenvalue weighted by Crippen LogP contribution is 2.38. The smallest absolute Gasteiger partial charge is 0.325 e. The van der Waals surface area contributed by atoms with Crippen LogP contribution in [0.5, 0.6) is 0 Å². The molecule has 1 aliphatic carbocycles. The van der Waals surface area contributed by atoms with Gasteiger partial charge in [0.1, 0.15) is 17.4 Å². The molecular formula is C22H23FN4O3. The Morgan fingerprint density at radius 3 is 2.53 bits per heavy atom. The van der Waals surface area contributed by atoms with Crippen molar-refractivity contribution in [1.82, 2.24) is 19.9 Å². The van der Waals surface area contributed by atoms with E-state index in [4.69, 9.17) is 5.11 Å². The first-order chi connectivity index (χ1) is 14.5. The Morgan fingerprint density at radius 2 is 1.87 bits per heavy atom. The molecule has 2 N–H and O–H groups in total. The molecule has 30 heavy (non-hydrogen) atoms. The summed E-state index contributed by atoms with van der Waals surface area (Å²) in [6.07, 6.45) is 8.55. The second-order valence-corrected chi connectivity index (χ2v) is 7.73. The minimum atomic E-state index is -1.12. The van der Waals surface area contributed by atoms with Crippen LogP contribution >= 0.6 is 0 Å². The summed E-state index contributed by atoms with van der Waals surface area (Å²) in [5.41, 5.74) is 3.27. The molecule has 3 aromatic rings. The van der Waals surface area contributed by atoms with E-state index in [1.165, 1.54) is 31.7 Å². The second kappa shape index (κ2) is 8.22. The lowest BCUT2D eigenvalue weighted by Gasteiger charge is -2.25. The van der Waals surface area contributed by atoms with Gasteiger partial charge in [-0.2, -0.15) is 5.10 Å². The monoisotopic (exact) mass is 410 g/mol. The highest BCUT2D eigenvalue weighted by Gasteiger charge is 2.26. The van der Waals surface area contributed by atoms with E-state index < -0.39 is 17.9 Å². The van der Waals surface area contributed by atoms with Crippen LogP contribution in [0.15, 0.2) is 36.7 Å². The first kappa shape index (κ1) is 20.0. The van der Waals surface area contributed by atoms with Gasteiger partial charge >= 0.3 is 5.97 Å². The molecule has 1 aromatic carbocycles. The first-order valence-electron chi connectivity index (χ1n) is 10.1. The van der Waals surface area contributed by atoms with Crippen molar-refractivity contribution in [2.24, 2.45) is 0 Å². The third kappa shape index (κ3) is 3.77. The Kier molecular flexibility index (Phi) is 5.48. The van der Waals surface area contributed by atoms with E-state index >= 15 is 0 Å². The molecule has 7 nitrogen and oxygen atoms in total. The molecule has 0 aliphatic heterocycles. The Balaban J connectivity index is 1.82. The highest BCUT2D eigenvalue weighted by molar-refractivity contribution is 6.01. The van der Waals surface area contributed by atoms with Crippen LogP contribution in [0.4, 0.5) is 4.39 Å². The zero-order valence-electron chi connectivity index (χ0n) is 16.6. The van der Waals surface area contributed by atoms with Crippen molar-refractivity contribution in [1.29, 1.82) is 0 Å². The molecule has 4 rings (SSSR count). The summed E-state index contributed by atoms with van der Waals surface area (Å²) in [7, 11) is 0. The topological polar surface area (TPSA) is 96.6 Å². The van der Waals surface area contributed by atoms with E-state index in [-0.39, 0.29) is 17.3 Å². The molecular weight excluding hydrogens is 387 g/mol. The largest absolute Gasteiger partial charge is 0.480 e. The summed E-state index contributed by atoms with van der Waals surface area (Å²) in [5, 5.41) is 16.0. The Bertz CT molecular complexity index is 1090. The van der Waals surface area contributed by atoms with Crippen molar-refractivity contribution in [2.45, 2.75) is 51.0 Å². The number of fused-ring (bicyclic) bond motifs is 1. The number of carboxylic acids is 1. The highest BCUT2D eigenvalue weighted by atomic mass is 19.1. The van der Waals surface area contributed by atoms with Crippen LogP contribution in [-0.4, -0.2) is 37.6 Å². The number of hydrogen-bond donors (Lipinski definition) is 2. The van der Waals surface area contributed by atoms with E-state index in [2.05, 4.69) is 15.4 Å². The summed E-state index contributed by atoms with van der Waals surface area (Å²) in [6, 6.07) is 5.24. The quantitative estimate of drug-likeness (QED) is 0.667. The number of nitrogens with zero attached hydrogens (tertiary/aromatic N) is 3. The van der Waals surface area contributed by atoms with Crippen LogP contribution in [0.2, 0.25) is 0 Å². The van der Waals surface area contributed by atoms with Gasteiger partial charge in [0.2, 0.25) is 0 Å². The maximum Gasteiger partial charge on any atom is 0.325 e. The number of benzene rings is 1. The van der Waals surface area contributed by atoms with Crippen molar-refractivity contribution >= 4 is 17.5 Å². The molecule has 1 saturated carbocycles. The van der Waals surface area contributed by atoms with Gasteiger partial charge in [0.05, 0.1) is 11.9 Å². The van der Waals surface area contributed by atoms with Gasteiger partial charge in [0.15, 0.2) is 5.65 Å². The lowest BCUT2D eigenvalue weighted by Crippen LogP contribution is -2.38. The zero-order valence-corrected chi connectivity index (χ0v) is 16.6. The van der Waals surface area contributed by atoms with E-state index in [9.17, 15) is 14.0 Å². The van der Waals surface area contributed by atoms with Crippen molar-refractivity contribution in [2.75, 3.05) is 0 Å². The van der Waals surface area contributed by atoms with Crippen molar-refractivity contribution in [3.05, 3.63) is 53.7 Å². The fourth-order valence-electron chi connectivity index (χ4n) is 4.07. The van der Waals surface area contributed by atoms with Crippen molar-refractivity contribution in [3.63, 3.8) is 0 Å². The molecule has 156 valence electrons. The minimum absolute atomic E-state index is 0.228. The molecule has 2 heterocycles. The van der Waals surface area contributed by atoms with Gasteiger partial charge < -0.3 is 10.4 Å². The molecule has 2 aromatic heterocycles. The van der Waals surface area contributed by atoms with E-state index in [1.54, 1.807) is 22.8 Å². The van der Waals surface area contributed by atoms with Crippen LogP contribution in [0.25, 0.3) is 16.8 Å². The number of aromatic nitrogens is 3. The third-order valence-electron chi connectivity index (χ3n) is 5.67. The van der Waals surface area contributed by atoms with Gasteiger partial charge in [-0.25, -0.2) is 13.9 Å². The predicted octanol–water partition coefficient (Wildman–Crippen LogP) is 3.79. The number of carboxylic acid groups (broad SMARTS) is 1. The zero-order chi connectivity index (χ0) is 21.3. The normalized spacial score (nSPS) is 15.8. The van der Waals surface area contributed by atoms with Crippen LogP contribution in [-0.2, 0) is 4.79 Å². The van der Waals surface area contributed by atoms with Gasteiger partial charge in [0, 0.05) is 17.7 Å². The molecule has 0 saturated heterocycles. The lowest BCUT2D eigenvalue weighted by molar-refractivity contribution is -0.138. The molecule has 1 atom stereocenters. The van der Waals surface area contributed by atoms with Gasteiger partial charge in [-0.1, -0.05) is 31.4 Å². The number of nitrogens with one attached hydrogen (secondary N) is 1. The van der Waals surface area contributed by atoms with Crippen LogP contribution in [0.1, 0.15) is 61.0 Å². The maximum absolute atomic E-state index is 13.4. The first-order valence-corrected chi connectivity index (χ1v) is 10.1. The molecule has 0 radical (unpaired) electrons. The van der Waals surface area contributed by atoms with E-state index in [1.807, 2.05) is 0 Å². The fraction of sp³-hybridized carbons (Fsp3) is 0.364. The molecule has 1 amide bonds. The Morgan fingerprint density at radius 1 is 1.17 bits per heavy atom. The summed E-state index contributed by atoms with van der Waals surface area (Å²) in [5.74, 6) is -1.71. The average Bonchev–Trinajstić information content (AvgIpc) is 3.18. The van der Waals surface area contributed by atoms with Gasteiger partial charge in [0.25, 0.3) is 5.91 Å². The number of amides is 1. The van der Waals surface area contributed by atoms with Crippen molar-refractivity contribution < 1.29 is 19.1 Å². The molecule has 0 unspecified atom stereocenters. The van der Waals surface area contributed by atoms with Crippen LogP contribution in [0, 0.1) is 5.82 Å². The SMILES string of the molecule is C[C@H](NC(=O)c1cnn2c(C3CCCCC3)c(-c3ccc(F)cc3)cnc12)C(=O)O. The maximum atomic E-state index is 13.4. The Hall–Kier alpha value is -3.29. The molecule has 1 fully saturated rings. The van der Waals surface area contributed by atoms with Crippen LogP contribution in [0.3, 0.4) is 0 Å². The van der Waals surface area contributed by atoms with Crippen molar-refractivity contribution in [3.8, 4) is 11.1 Å². The van der Waals surface area contributed by atoms with Gasteiger partial charge in [-0.15, -0.1) is 0 Å². The number of hydrogen-bond acceptors (Lipinski definition) is 4. The third-order valence-corrected chi connectivity index (χ3v) is 5.67. The molecule has 8 heteroatoms. The molecule has 0 spiro atoms. The second-order valence-electron chi connectivity index (χ2n) is 7.73. The summed E-state index contributed by atoms with van der Waals surface area (Å²) < 4.78 is 15.1. The van der Waals surface area contributed by atoms with Crippen LogP contribution < -0.4 is 5.32 Å². The Labute approximate surface area is 172 Å². The number of carbonyl (C=O) groups is 2. The standard InChI is InChI=1S/C22H23FN4O3/c1-13(22(29)30)26-21(28)18-12-25-27-19(15-5-3-2-4-6-15)17(11-24-20(18)27)14-7-9-16(23)10-8-14/h7-13,15H,2-6H2,1H3,(H,26,28)(H,29,30)/t13-/m0/s1. The number of halogens is 1. The minimum Gasteiger partial charge on any atom is -0.480 e. The van der Waals surface area contributed by atoms with E-state index in [0.29, 0.717) is 5.65 Å². The molecule has 1 aliphatic rings. The average molecular weight is 410 g/mol. The summed E-state index contributed by atoms with van der Waals surface area (Å²) in [4.78, 5) is 28.1.